The Labute approximate surface area is 224 Å². The Morgan fingerprint density at radius 1 is 1.31 bits per heavy atom. The Kier molecular flexibility index (Phi) is 6.83. The molecule has 2 aliphatic rings. The zero-order valence-electron chi connectivity index (χ0n) is 21.6. The minimum atomic E-state index is -1.02. The summed E-state index contributed by atoms with van der Waals surface area (Å²) in [5, 5.41) is 2.85. The molecule has 0 aliphatic carbocycles. The first-order chi connectivity index (χ1) is 18.7. The summed E-state index contributed by atoms with van der Waals surface area (Å²) in [7, 11) is 1.38. The third-order valence-corrected chi connectivity index (χ3v) is 7.08. The van der Waals surface area contributed by atoms with Gasteiger partial charge in [-0.25, -0.2) is 8.78 Å². The monoisotopic (exact) mass is 531 g/mol. The van der Waals surface area contributed by atoms with Crippen LogP contribution in [0.4, 0.5) is 14.5 Å². The molecule has 0 radical (unpaired) electrons. The summed E-state index contributed by atoms with van der Waals surface area (Å²) in [6.45, 7) is 5.78. The molecule has 0 saturated carbocycles. The largest absolute Gasteiger partial charge is 0.492 e. The van der Waals surface area contributed by atoms with Crippen LogP contribution in [-0.2, 0) is 11.2 Å². The lowest BCUT2D eigenvalue weighted by Crippen LogP contribution is -2.44. The Morgan fingerprint density at radius 3 is 2.90 bits per heavy atom. The molecule has 4 heterocycles. The maximum atomic E-state index is 14.5. The molecule has 0 bridgehead atoms. The number of hydrogen-bond donors (Lipinski definition) is 2. The fourth-order valence-corrected chi connectivity index (χ4v) is 5.12. The minimum Gasteiger partial charge on any atom is -0.492 e. The van der Waals surface area contributed by atoms with Gasteiger partial charge in [0.1, 0.15) is 5.54 Å². The molecule has 5 rings (SSSR count). The van der Waals surface area contributed by atoms with Crippen molar-refractivity contribution in [2.24, 2.45) is 0 Å². The van der Waals surface area contributed by atoms with E-state index in [1.807, 2.05) is 0 Å². The number of amides is 2. The predicted octanol–water partition coefficient (Wildman–Crippen LogP) is 4.07. The molecule has 2 aliphatic heterocycles. The van der Waals surface area contributed by atoms with Crippen LogP contribution in [0.15, 0.2) is 55.1 Å². The van der Waals surface area contributed by atoms with Crippen molar-refractivity contribution in [2.75, 3.05) is 25.6 Å². The molecule has 0 unspecified atom stereocenters. The van der Waals surface area contributed by atoms with E-state index in [0.29, 0.717) is 60.4 Å². The quantitative estimate of drug-likeness (QED) is 0.383. The summed E-state index contributed by atoms with van der Waals surface area (Å²) < 4.78 is 35.2. The van der Waals surface area contributed by atoms with E-state index in [4.69, 9.17) is 4.74 Å². The number of para-hydroxylation sites is 1. The molecule has 39 heavy (non-hydrogen) atoms. The van der Waals surface area contributed by atoms with Gasteiger partial charge in [0, 0.05) is 37.5 Å². The number of nitrogens with one attached hydrogen (secondary N) is 2. The van der Waals surface area contributed by atoms with Gasteiger partial charge in [0.15, 0.2) is 17.4 Å². The maximum Gasteiger partial charge on any atom is 0.283 e. The molecule has 8 nitrogen and oxygen atoms in total. The van der Waals surface area contributed by atoms with E-state index in [9.17, 15) is 18.4 Å². The van der Waals surface area contributed by atoms with E-state index in [0.717, 1.165) is 5.69 Å². The van der Waals surface area contributed by atoms with Gasteiger partial charge in [-0.05, 0) is 44.0 Å². The van der Waals surface area contributed by atoms with Crippen LogP contribution in [0.25, 0.3) is 11.3 Å². The van der Waals surface area contributed by atoms with E-state index in [-0.39, 0.29) is 11.7 Å². The Balaban J connectivity index is 1.62. The van der Waals surface area contributed by atoms with Gasteiger partial charge >= 0.3 is 0 Å². The number of ether oxygens (including phenoxy) is 1. The highest BCUT2D eigenvalue weighted by molar-refractivity contribution is 5.98. The van der Waals surface area contributed by atoms with Crippen molar-refractivity contribution < 1.29 is 23.1 Å². The molecule has 3 aromatic rings. The third kappa shape index (κ3) is 4.72. The van der Waals surface area contributed by atoms with Crippen LogP contribution in [0.1, 0.15) is 41.4 Å². The second-order valence-electron chi connectivity index (χ2n) is 9.57. The number of hydrogen-bond acceptors (Lipinski definition) is 5. The van der Waals surface area contributed by atoms with Gasteiger partial charge in [0.2, 0.25) is 0 Å². The van der Waals surface area contributed by atoms with Gasteiger partial charge in [-0.1, -0.05) is 24.5 Å². The van der Waals surface area contributed by atoms with Crippen molar-refractivity contribution in [1.29, 1.82) is 0 Å². The first-order valence-corrected chi connectivity index (χ1v) is 12.5. The summed E-state index contributed by atoms with van der Waals surface area (Å²) in [6.07, 6.45) is 5.02. The molecule has 10 heteroatoms. The fourth-order valence-electron chi connectivity index (χ4n) is 5.12. The Hall–Kier alpha value is -4.65. The van der Waals surface area contributed by atoms with E-state index >= 15 is 0 Å². The molecular weight excluding hydrogens is 504 g/mol. The zero-order valence-corrected chi connectivity index (χ0v) is 21.6. The molecule has 1 aromatic carbocycles. The van der Waals surface area contributed by atoms with E-state index < -0.39 is 23.1 Å². The molecule has 1 atom stereocenters. The number of fused-ring (bicyclic) bond motifs is 1. The lowest BCUT2D eigenvalue weighted by Gasteiger charge is -2.29. The molecule has 1 saturated heterocycles. The van der Waals surface area contributed by atoms with E-state index in [2.05, 4.69) is 34.1 Å². The van der Waals surface area contributed by atoms with Crippen LogP contribution >= 0.6 is 0 Å². The molecular formula is C29H27F2N5O3. The smallest absolute Gasteiger partial charge is 0.283 e. The van der Waals surface area contributed by atoms with Crippen LogP contribution in [0.2, 0.25) is 0 Å². The SMILES string of the molecule is C=C(F)C(=O)N1CCC[C@]1(C)C#Cc1cnccc1-c1cc2c(n1Nc1cccc(F)c1OC)CCNC2=O. The number of anilines is 1. The van der Waals surface area contributed by atoms with Gasteiger partial charge in [-0.3, -0.25) is 24.7 Å². The first-order valence-electron chi connectivity index (χ1n) is 12.5. The highest BCUT2D eigenvalue weighted by Gasteiger charge is 2.39. The van der Waals surface area contributed by atoms with Crippen LogP contribution in [-0.4, -0.2) is 52.1 Å². The van der Waals surface area contributed by atoms with Crippen molar-refractivity contribution in [3.05, 3.63) is 77.8 Å². The van der Waals surface area contributed by atoms with E-state index in [1.165, 1.54) is 18.1 Å². The second-order valence-corrected chi connectivity index (χ2v) is 9.57. The maximum absolute atomic E-state index is 14.5. The van der Waals surface area contributed by atoms with Crippen LogP contribution in [0.5, 0.6) is 5.75 Å². The highest BCUT2D eigenvalue weighted by atomic mass is 19.1. The number of nitrogens with zero attached hydrogens (tertiary/aromatic N) is 3. The average Bonchev–Trinajstić information content (AvgIpc) is 3.49. The third-order valence-electron chi connectivity index (χ3n) is 7.08. The van der Waals surface area contributed by atoms with Gasteiger partial charge in [0.05, 0.1) is 35.3 Å². The summed E-state index contributed by atoms with van der Waals surface area (Å²) in [5.74, 6) is 3.81. The van der Waals surface area contributed by atoms with Crippen molar-refractivity contribution >= 4 is 17.5 Å². The van der Waals surface area contributed by atoms with Gasteiger partial charge in [-0.15, -0.1) is 0 Å². The summed E-state index contributed by atoms with van der Waals surface area (Å²) in [6, 6.07) is 8.07. The number of benzene rings is 1. The van der Waals surface area contributed by atoms with Crippen LogP contribution < -0.4 is 15.5 Å². The number of halogens is 2. The summed E-state index contributed by atoms with van der Waals surface area (Å²) >= 11 is 0. The Morgan fingerprint density at radius 2 is 2.13 bits per heavy atom. The van der Waals surface area contributed by atoms with Crippen LogP contribution in [0, 0.1) is 17.7 Å². The van der Waals surface area contributed by atoms with Gasteiger partial charge in [-0.2, -0.15) is 0 Å². The molecule has 2 aromatic heterocycles. The average molecular weight is 532 g/mol. The van der Waals surface area contributed by atoms with Gasteiger partial charge in [0.25, 0.3) is 11.8 Å². The van der Waals surface area contributed by atoms with Crippen molar-refractivity contribution in [3.8, 4) is 28.8 Å². The predicted molar refractivity (Wildman–Crippen MR) is 142 cm³/mol. The normalized spacial score (nSPS) is 18.1. The number of carbonyl (C=O) groups is 2. The fraction of sp³-hybridized carbons (Fsp3) is 0.276. The second kappa shape index (κ2) is 10.3. The standard InChI is InChI=1S/C29H27F2N5O3/c1-18(30)28(38)35-15-5-11-29(35,2)12-8-19-17-32-13-9-20(19)25-16-21-24(10-14-33-27(21)37)36(25)34-23-7-4-6-22(31)26(23)39-3/h4,6-7,9,13,16-17,34H,1,5,10-11,14-15H2,2-3H3,(H,33,37)/t29-/m1/s1. The van der Waals surface area contributed by atoms with Crippen molar-refractivity contribution in [3.63, 3.8) is 0 Å². The van der Waals surface area contributed by atoms with Crippen molar-refractivity contribution in [1.82, 2.24) is 19.9 Å². The number of pyridine rings is 1. The number of aromatic nitrogens is 2. The highest BCUT2D eigenvalue weighted by Crippen LogP contribution is 2.34. The first kappa shape index (κ1) is 26.0. The number of carbonyl (C=O) groups excluding carboxylic acids is 2. The Bertz CT molecular complexity index is 1550. The number of methoxy groups -OCH3 is 1. The summed E-state index contributed by atoms with van der Waals surface area (Å²) in [5.41, 5.74) is 5.74. The number of rotatable bonds is 5. The zero-order chi connectivity index (χ0) is 27.7. The lowest BCUT2D eigenvalue weighted by atomic mass is 9.98. The summed E-state index contributed by atoms with van der Waals surface area (Å²) in [4.78, 5) is 30.8. The number of likely N-dealkylation sites (tertiary alicyclic amines) is 1. The topological polar surface area (TPSA) is 88.5 Å². The van der Waals surface area contributed by atoms with E-state index in [1.54, 1.807) is 48.3 Å². The van der Waals surface area contributed by atoms with Crippen molar-refractivity contribution in [2.45, 2.75) is 31.7 Å². The molecule has 0 spiro atoms. The molecule has 1 fully saturated rings. The van der Waals surface area contributed by atoms with Gasteiger partial charge < -0.3 is 15.0 Å². The molecule has 2 N–H and O–H groups in total. The molecule has 200 valence electrons. The minimum absolute atomic E-state index is 0.0364. The molecule has 2 amide bonds. The van der Waals surface area contributed by atoms with Crippen LogP contribution in [0.3, 0.4) is 0 Å². The lowest BCUT2D eigenvalue weighted by molar-refractivity contribution is -0.130.